The number of benzene rings is 22. The largest absolute Gasteiger partial charge is 0.256 e. The average molecular weight is 1810 g/mol. The fourth-order valence-electron chi connectivity index (χ4n) is 20.3. The van der Waals surface area contributed by atoms with Crippen LogP contribution in [-0.2, 0) is 0 Å². The topological polar surface area (TPSA) is 142 Å². The Kier molecular flexibility index (Phi) is 21.0. The summed E-state index contributed by atoms with van der Waals surface area (Å²) in [5, 5.41) is 28.1. The molecule has 0 bridgehead atoms. The zero-order chi connectivity index (χ0) is 93.9. The molecule has 11 heteroatoms. The molecule has 660 valence electrons. The first kappa shape index (κ1) is 83.4. The van der Waals surface area contributed by atoms with Crippen molar-refractivity contribution >= 4 is 140 Å². The van der Waals surface area contributed by atoms with Crippen LogP contribution in [0.4, 0.5) is 0 Å². The van der Waals surface area contributed by atoms with E-state index in [0.717, 1.165) is 154 Å². The molecule has 6 aromatic heterocycles. The Labute approximate surface area is 817 Å². The molecule has 142 heavy (non-hydrogen) atoms. The number of hydrogen-bond donors (Lipinski definition) is 0. The minimum atomic E-state index is 0.627. The lowest BCUT2D eigenvalue weighted by Gasteiger charge is -2.15. The second-order valence-corrected chi connectivity index (χ2v) is 35.9. The second kappa shape index (κ2) is 35.8. The van der Waals surface area contributed by atoms with Gasteiger partial charge in [0.25, 0.3) is 0 Å². The van der Waals surface area contributed by atoms with Crippen molar-refractivity contribution < 1.29 is 0 Å². The molecule has 0 aliphatic carbocycles. The van der Waals surface area contributed by atoms with Crippen LogP contribution in [0.25, 0.3) is 276 Å². The van der Waals surface area contributed by atoms with Crippen molar-refractivity contribution in [3.05, 3.63) is 492 Å². The van der Waals surface area contributed by atoms with Crippen LogP contribution in [0.5, 0.6) is 0 Å². The molecule has 22 aromatic carbocycles. The smallest absolute Gasteiger partial charge is 0.164 e. The highest BCUT2D eigenvalue weighted by molar-refractivity contribution is 6.18. The lowest BCUT2D eigenvalue weighted by molar-refractivity contribution is 1.08. The van der Waals surface area contributed by atoms with E-state index in [1.165, 1.54) is 80.8 Å². The molecule has 0 spiro atoms. The fraction of sp³-hybridized carbons (Fsp3) is 0. The molecule has 0 aliphatic heterocycles. The van der Waals surface area contributed by atoms with Gasteiger partial charge >= 0.3 is 0 Å². The number of hydrogen-bond acceptors (Lipinski definition) is 11. The maximum absolute atomic E-state index is 5.32. The van der Waals surface area contributed by atoms with Gasteiger partial charge in [-0.3, -0.25) is 15.0 Å². The summed E-state index contributed by atoms with van der Waals surface area (Å²) in [7, 11) is 0. The number of fused-ring (bicyclic) bond motifs is 17. The van der Waals surface area contributed by atoms with Crippen molar-refractivity contribution in [2.45, 2.75) is 0 Å². The van der Waals surface area contributed by atoms with E-state index in [9.17, 15) is 0 Å². The van der Waals surface area contributed by atoms with E-state index in [-0.39, 0.29) is 0 Å². The first-order valence-electron chi connectivity index (χ1n) is 47.7. The van der Waals surface area contributed by atoms with Crippen molar-refractivity contribution in [1.82, 2.24) is 54.8 Å². The highest BCUT2D eigenvalue weighted by atomic mass is 15.0. The van der Waals surface area contributed by atoms with Gasteiger partial charge < -0.3 is 0 Å². The van der Waals surface area contributed by atoms with E-state index in [1.807, 2.05) is 42.9 Å². The summed E-state index contributed by atoms with van der Waals surface area (Å²) >= 11 is 0. The number of rotatable bonds is 12. The van der Waals surface area contributed by atoms with E-state index < -0.39 is 0 Å². The lowest BCUT2D eigenvalue weighted by atomic mass is 9.93. The summed E-state index contributed by atoms with van der Waals surface area (Å²) in [6.45, 7) is 0. The van der Waals surface area contributed by atoms with Crippen molar-refractivity contribution in [2.24, 2.45) is 0 Å². The molecule has 0 saturated heterocycles. The Morgan fingerprint density at radius 3 is 0.937 bits per heavy atom. The number of pyridine rings is 3. The molecule has 0 aliphatic rings. The maximum atomic E-state index is 5.32. The number of nitrogens with zero attached hydrogens (tertiary/aromatic N) is 11. The van der Waals surface area contributed by atoms with Crippen molar-refractivity contribution in [2.75, 3.05) is 0 Å². The first-order chi connectivity index (χ1) is 70.3. The fourth-order valence-corrected chi connectivity index (χ4v) is 20.3. The quantitative estimate of drug-likeness (QED) is 0.108. The highest BCUT2D eigenvalue weighted by Gasteiger charge is 2.24. The van der Waals surface area contributed by atoms with Gasteiger partial charge in [-0.2, -0.15) is 0 Å². The molecular formula is C131H81N11. The van der Waals surface area contributed by atoms with Gasteiger partial charge in [0.15, 0.2) is 40.8 Å². The molecule has 0 unspecified atom stereocenters. The monoisotopic (exact) mass is 1810 g/mol. The highest BCUT2D eigenvalue weighted by Crippen LogP contribution is 2.44. The third-order valence-electron chi connectivity index (χ3n) is 27.4. The number of para-hydroxylation sites is 2. The van der Waals surface area contributed by atoms with Gasteiger partial charge in [-0.1, -0.05) is 406 Å². The molecule has 0 fully saturated rings. The standard InChI is InChI=1S/C47H29N3.C46H28N4.C38H24N4/c1-6-16-37-30(11-1)25-26-48-46(37)31-21-23-32(24-22-31)47-49-44(42-27-33-12-2-4-14-35(33)38-17-7-9-19-40(38)42)29-45(50-47)43-28-34-13-3-5-15-36(34)39-18-8-10-20-41(39)43;1-4-14-35-31(11-1)26-41(39-18-8-6-16-37(35)39)45-48-44(30-23-21-29(22-24-30)34-25-33-13-3-10-20-43(33)47-28-34)49-46(50-45)42-27-32-12-2-5-15-36(32)38-17-7-9-19-40(38)42;1-3-9-30-23-32(20-14-25(30)7-1)37-40-36(41-38(42-37)33-21-15-26-8-2-4-10-31(26)24-33)29-18-16-27(17-19-29)34-13-5-11-28-12-6-22-39-35(28)34/h1-29H;1-28H;1-24H. The summed E-state index contributed by atoms with van der Waals surface area (Å²) < 4.78 is 0. The van der Waals surface area contributed by atoms with Crippen LogP contribution in [0.2, 0.25) is 0 Å². The van der Waals surface area contributed by atoms with Crippen molar-refractivity contribution in [3.8, 4) is 136 Å². The van der Waals surface area contributed by atoms with Crippen LogP contribution in [0.1, 0.15) is 0 Å². The molecule has 11 nitrogen and oxygen atoms in total. The summed E-state index contributed by atoms with van der Waals surface area (Å²) in [4.78, 5) is 55.4. The maximum Gasteiger partial charge on any atom is 0.164 e. The molecule has 0 atom stereocenters. The SMILES string of the molecule is c1ccc2c(-c3ccc(-c4nc(-c5cc6ccccc6c6ccccc56)cc(-c5cc6ccccc6c6ccccc56)n4)cc3)nccc2c1.c1ccc2cc(-c3nc(-c4ccc(-c5cccc6cccnc56)cc4)nc(-c4ccc5ccccc5c4)n3)ccc2c1.c1ccc2ncc(-c3ccc(-c4nc(-c5cc6ccccc6c6ccccc56)nc(-c5cc6ccccc6c6ccccc56)n4)cc3)cc2c1. The zero-order valence-corrected chi connectivity index (χ0v) is 76.7. The third-order valence-corrected chi connectivity index (χ3v) is 27.4. The minimum absolute atomic E-state index is 0.627. The van der Waals surface area contributed by atoms with Crippen molar-refractivity contribution in [1.29, 1.82) is 0 Å². The minimum Gasteiger partial charge on any atom is -0.256 e. The van der Waals surface area contributed by atoms with Crippen LogP contribution in [0.15, 0.2) is 492 Å². The van der Waals surface area contributed by atoms with Gasteiger partial charge in [-0.15, -0.1) is 0 Å². The second-order valence-electron chi connectivity index (χ2n) is 35.9. The molecule has 6 heterocycles. The normalized spacial score (nSPS) is 11.5. The summed E-state index contributed by atoms with van der Waals surface area (Å²) in [5.41, 5.74) is 19.0. The predicted octanol–water partition coefficient (Wildman–Crippen LogP) is 33.4. The van der Waals surface area contributed by atoms with E-state index in [1.54, 1.807) is 0 Å². The predicted molar refractivity (Wildman–Crippen MR) is 588 cm³/mol. The van der Waals surface area contributed by atoms with E-state index >= 15 is 0 Å². The van der Waals surface area contributed by atoms with Crippen LogP contribution >= 0.6 is 0 Å². The Morgan fingerprint density at radius 2 is 0.458 bits per heavy atom. The Hall–Kier alpha value is -19.2. The Balaban J connectivity index is 0.000000110. The molecule has 28 aromatic rings. The molecule has 0 N–H and O–H groups in total. The summed E-state index contributed by atoms with van der Waals surface area (Å²) in [5.74, 6) is 4.54. The molecule has 0 radical (unpaired) electrons. The van der Waals surface area contributed by atoms with Crippen LogP contribution in [0, 0.1) is 0 Å². The molecule has 28 rings (SSSR count). The van der Waals surface area contributed by atoms with E-state index in [4.69, 9.17) is 44.9 Å². The van der Waals surface area contributed by atoms with E-state index in [0.29, 0.717) is 40.8 Å². The Bertz CT molecular complexity index is 9510. The average Bonchev–Trinajstić information content (AvgIpc) is 0.747. The molecule has 0 saturated carbocycles. The zero-order valence-electron chi connectivity index (χ0n) is 76.7. The summed E-state index contributed by atoms with van der Waals surface area (Å²) in [6.07, 6.45) is 5.66. The van der Waals surface area contributed by atoms with Gasteiger partial charge in [-0.05, 0) is 191 Å². The van der Waals surface area contributed by atoms with Crippen LogP contribution in [0.3, 0.4) is 0 Å². The molecule has 0 amide bonds. The van der Waals surface area contributed by atoms with Crippen LogP contribution in [-0.4, -0.2) is 54.8 Å². The van der Waals surface area contributed by atoms with Gasteiger partial charge in [0.1, 0.15) is 0 Å². The third kappa shape index (κ3) is 15.6. The van der Waals surface area contributed by atoms with Gasteiger partial charge in [0.05, 0.1) is 28.1 Å². The lowest BCUT2D eigenvalue weighted by Crippen LogP contribution is -2.01. The van der Waals surface area contributed by atoms with E-state index in [2.05, 4.69) is 459 Å². The van der Waals surface area contributed by atoms with Gasteiger partial charge in [-0.25, -0.2) is 39.9 Å². The number of aromatic nitrogens is 11. The van der Waals surface area contributed by atoms with Crippen LogP contribution < -0.4 is 0 Å². The first-order valence-corrected chi connectivity index (χ1v) is 47.7. The van der Waals surface area contributed by atoms with Gasteiger partial charge in [0.2, 0.25) is 0 Å². The molecular weight excluding hydrogens is 1730 g/mol. The Morgan fingerprint density at radius 1 is 0.134 bits per heavy atom. The summed E-state index contributed by atoms with van der Waals surface area (Å²) in [6, 6.07) is 166. The van der Waals surface area contributed by atoms with Gasteiger partial charge in [0, 0.05) is 102 Å². The van der Waals surface area contributed by atoms with Crippen molar-refractivity contribution in [3.63, 3.8) is 0 Å².